The van der Waals surface area contributed by atoms with Gasteiger partial charge in [0.05, 0.1) is 0 Å². The zero-order chi connectivity index (χ0) is 13.1. The maximum Gasteiger partial charge on any atom is 0.255 e. The van der Waals surface area contributed by atoms with Crippen molar-refractivity contribution in [2.45, 2.75) is 0 Å². The first-order valence-corrected chi connectivity index (χ1v) is 6.07. The smallest absolute Gasteiger partial charge is 0.255 e. The lowest BCUT2D eigenvalue weighted by Gasteiger charge is -2.07. The fourth-order valence-electron chi connectivity index (χ4n) is 1.49. The average Bonchev–Trinajstić information content (AvgIpc) is 2.32. The van der Waals surface area contributed by atoms with Crippen LogP contribution < -0.4 is 16.8 Å². The summed E-state index contributed by atoms with van der Waals surface area (Å²) in [6.07, 6.45) is 0. The van der Waals surface area contributed by atoms with Crippen LogP contribution in [-0.4, -0.2) is 5.91 Å². The second-order valence-electron chi connectivity index (χ2n) is 3.82. The Labute approximate surface area is 113 Å². The van der Waals surface area contributed by atoms with Gasteiger partial charge in [-0.1, -0.05) is 6.07 Å². The second kappa shape index (κ2) is 5.10. The monoisotopic (exact) mass is 305 g/mol. The summed E-state index contributed by atoms with van der Waals surface area (Å²) in [6.45, 7) is 0. The summed E-state index contributed by atoms with van der Waals surface area (Å²) in [5, 5.41) is 2.77. The summed E-state index contributed by atoms with van der Waals surface area (Å²) >= 11 is 3.29. The number of nitrogen functional groups attached to an aromatic ring is 2. The summed E-state index contributed by atoms with van der Waals surface area (Å²) in [5.74, 6) is -0.207. The number of hydrogen-bond acceptors (Lipinski definition) is 3. The normalized spacial score (nSPS) is 10.1. The highest BCUT2D eigenvalue weighted by Gasteiger charge is 2.07. The Kier molecular flexibility index (Phi) is 3.53. The molecule has 0 aliphatic rings. The zero-order valence-corrected chi connectivity index (χ0v) is 11.1. The van der Waals surface area contributed by atoms with Gasteiger partial charge in [0.25, 0.3) is 5.91 Å². The van der Waals surface area contributed by atoms with E-state index in [4.69, 9.17) is 11.5 Å². The fourth-order valence-corrected chi connectivity index (χ4v) is 1.87. The molecule has 4 nitrogen and oxygen atoms in total. The number of nitrogens with two attached hydrogens (primary N) is 2. The van der Waals surface area contributed by atoms with Crippen LogP contribution >= 0.6 is 15.9 Å². The average molecular weight is 306 g/mol. The number of anilines is 3. The predicted molar refractivity (Wildman–Crippen MR) is 77.4 cm³/mol. The lowest BCUT2D eigenvalue weighted by molar-refractivity contribution is 0.102. The van der Waals surface area contributed by atoms with Crippen LogP contribution in [0.25, 0.3) is 0 Å². The first kappa shape index (κ1) is 12.4. The third-order valence-corrected chi connectivity index (χ3v) is 3.09. The lowest BCUT2D eigenvalue weighted by Crippen LogP contribution is -2.12. The van der Waals surface area contributed by atoms with Gasteiger partial charge in [-0.3, -0.25) is 4.79 Å². The number of carbonyl (C=O) groups excluding carboxylic acids is 1. The van der Waals surface area contributed by atoms with Crippen molar-refractivity contribution >= 4 is 38.9 Å². The molecule has 1 amide bonds. The number of rotatable bonds is 2. The molecule has 2 aromatic carbocycles. The van der Waals surface area contributed by atoms with Crippen molar-refractivity contribution in [2.75, 3.05) is 16.8 Å². The van der Waals surface area contributed by atoms with Crippen LogP contribution in [0, 0.1) is 0 Å². The highest BCUT2D eigenvalue weighted by atomic mass is 79.9. The molecule has 0 spiro atoms. The summed E-state index contributed by atoms with van der Waals surface area (Å²) in [7, 11) is 0. The molecule has 0 aromatic heterocycles. The zero-order valence-electron chi connectivity index (χ0n) is 9.48. The Hall–Kier alpha value is -2.01. The van der Waals surface area contributed by atoms with E-state index in [1.807, 2.05) is 0 Å². The molecule has 0 heterocycles. The number of halogens is 1. The van der Waals surface area contributed by atoms with Crippen molar-refractivity contribution in [3.8, 4) is 0 Å². The van der Waals surface area contributed by atoms with E-state index in [2.05, 4.69) is 21.2 Å². The molecule has 5 N–H and O–H groups in total. The van der Waals surface area contributed by atoms with Crippen molar-refractivity contribution in [1.82, 2.24) is 0 Å². The Bertz CT molecular complexity index is 599. The van der Waals surface area contributed by atoms with Crippen molar-refractivity contribution < 1.29 is 4.79 Å². The molecule has 0 fully saturated rings. The summed E-state index contributed by atoms with van der Waals surface area (Å²) in [6, 6.07) is 12.0. The molecular weight excluding hydrogens is 294 g/mol. The van der Waals surface area contributed by atoms with Gasteiger partial charge in [-0.2, -0.15) is 0 Å². The number of carbonyl (C=O) groups is 1. The molecule has 2 aromatic rings. The first-order chi connectivity index (χ1) is 8.56. The summed E-state index contributed by atoms with van der Waals surface area (Å²) in [5.41, 5.74) is 13.7. The summed E-state index contributed by atoms with van der Waals surface area (Å²) < 4.78 is 0.697. The van der Waals surface area contributed by atoms with Crippen LogP contribution in [0.5, 0.6) is 0 Å². The largest absolute Gasteiger partial charge is 0.399 e. The number of nitrogens with one attached hydrogen (secondary N) is 1. The Morgan fingerprint density at radius 2 is 1.89 bits per heavy atom. The van der Waals surface area contributed by atoms with E-state index in [9.17, 15) is 4.79 Å². The van der Waals surface area contributed by atoms with Crippen LogP contribution in [0.15, 0.2) is 46.9 Å². The van der Waals surface area contributed by atoms with Gasteiger partial charge in [0.2, 0.25) is 0 Å². The van der Waals surface area contributed by atoms with Gasteiger partial charge in [-0.15, -0.1) is 0 Å². The van der Waals surface area contributed by atoms with Crippen molar-refractivity contribution in [3.63, 3.8) is 0 Å². The minimum absolute atomic E-state index is 0.207. The highest BCUT2D eigenvalue weighted by Crippen LogP contribution is 2.21. The van der Waals surface area contributed by atoms with Crippen LogP contribution in [0.3, 0.4) is 0 Å². The number of benzene rings is 2. The molecule has 0 saturated heterocycles. The molecule has 5 heteroatoms. The molecule has 0 aliphatic heterocycles. The van der Waals surface area contributed by atoms with E-state index in [1.165, 1.54) is 0 Å². The third-order valence-electron chi connectivity index (χ3n) is 2.41. The highest BCUT2D eigenvalue weighted by molar-refractivity contribution is 9.10. The van der Waals surface area contributed by atoms with Gasteiger partial charge >= 0.3 is 0 Å². The number of hydrogen-bond donors (Lipinski definition) is 3. The molecule has 0 radical (unpaired) electrons. The number of amides is 1. The van der Waals surface area contributed by atoms with Crippen LogP contribution in [0.2, 0.25) is 0 Å². The maximum absolute atomic E-state index is 12.0. The van der Waals surface area contributed by atoms with E-state index >= 15 is 0 Å². The van der Waals surface area contributed by atoms with E-state index < -0.39 is 0 Å². The van der Waals surface area contributed by atoms with Crippen molar-refractivity contribution in [1.29, 1.82) is 0 Å². The molecule has 0 saturated carbocycles. The topological polar surface area (TPSA) is 81.1 Å². The van der Waals surface area contributed by atoms with Crippen molar-refractivity contribution in [2.24, 2.45) is 0 Å². The van der Waals surface area contributed by atoms with Crippen LogP contribution in [-0.2, 0) is 0 Å². The molecule has 0 aliphatic carbocycles. The fraction of sp³-hybridized carbons (Fsp3) is 0. The minimum Gasteiger partial charge on any atom is -0.399 e. The molecule has 2 rings (SSSR count). The quantitative estimate of drug-likeness (QED) is 0.746. The van der Waals surface area contributed by atoms with Gasteiger partial charge in [0.1, 0.15) is 0 Å². The maximum atomic E-state index is 12.0. The van der Waals surface area contributed by atoms with Gasteiger partial charge in [0.15, 0.2) is 0 Å². The molecule has 0 atom stereocenters. The molecule has 18 heavy (non-hydrogen) atoms. The third kappa shape index (κ3) is 2.81. The van der Waals surface area contributed by atoms with Crippen LogP contribution in [0.4, 0.5) is 17.1 Å². The first-order valence-electron chi connectivity index (χ1n) is 5.28. The molecule has 0 unspecified atom stereocenters. The van der Waals surface area contributed by atoms with Gasteiger partial charge < -0.3 is 16.8 Å². The molecular formula is C13H12BrN3O. The van der Waals surface area contributed by atoms with Gasteiger partial charge in [0, 0.05) is 27.1 Å². The van der Waals surface area contributed by atoms with Crippen LogP contribution in [0.1, 0.15) is 10.4 Å². The molecule has 92 valence electrons. The Morgan fingerprint density at radius 3 is 2.56 bits per heavy atom. The Morgan fingerprint density at radius 1 is 1.11 bits per heavy atom. The minimum atomic E-state index is -0.207. The second-order valence-corrected chi connectivity index (χ2v) is 4.67. The van der Waals surface area contributed by atoms with E-state index in [0.717, 1.165) is 0 Å². The van der Waals surface area contributed by atoms with E-state index in [-0.39, 0.29) is 5.91 Å². The standard InChI is InChI=1S/C13H12BrN3O/c14-11-6-8(4-5-12(11)16)13(18)17-10-3-1-2-9(15)7-10/h1-7H,15-16H2,(H,17,18). The lowest BCUT2D eigenvalue weighted by atomic mass is 10.2. The van der Waals surface area contributed by atoms with E-state index in [0.29, 0.717) is 27.1 Å². The van der Waals surface area contributed by atoms with Crippen molar-refractivity contribution in [3.05, 3.63) is 52.5 Å². The molecule has 0 bridgehead atoms. The van der Waals surface area contributed by atoms with Gasteiger partial charge in [-0.25, -0.2) is 0 Å². The van der Waals surface area contributed by atoms with E-state index in [1.54, 1.807) is 42.5 Å². The summed E-state index contributed by atoms with van der Waals surface area (Å²) in [4.78, 5) is 12.0. The Balaban J connectivity index is 2.19. The van der Waals surface area contributed by atoms with Gasteiger partial charge in [-0.05, 0) is 52.3 Å². The predicted octanol–water partition coefficient (Wildman–Crippen LogP) is 2.87. The SMILES string of the molecule is Nc1cccc(NC(=O)c2ccc(N)c(Br)c2)c1.